The molecule has 0 saturated carbocycles. The van der Waals surface area contributed by atoms with E-state index < -0.39 is 10.0 Å². The highest BCUT2D eigenvalue weighted by molar-refractivity contribution is 9.10. The number of hydrogen-bond donors (Lipinski definition) is 1. The van der Waals surface area contributed by atoms with Crippen LogP contribution in [0.2, 0.25) is 0 Å². The minimum atomic E-state index is -3.70. The Balaban J connectivity index is 1.83. The lowest BCUT2D eigenvalue weighted by molar-refractivity contribution is 0.601. The lowest BCUT2D eigenvalue weighted by Crippen LogP contribution is -2.21. The highest BCUT2D eigenvalue weighted by Gasteiger charge is 2.23. The normalized spacial score (nSPS) is 14.9. The van der Waals surface area contributed by atoms with Crippen LogP contribution in [0.5, 0.6) is 0 Å². The molecule has 2 heterocycles. The molecule has 0 atom stereocenters. The van der Waals surface area contributed by atoms with Gasteiger partial charge in [-0.3, -0.25) is 9.40 Å². The Bertz CT molecular complexity index is 1050. The maximum Gasteiger partial charge on any atom is 0.261 e. The first-order chi connectivity index (χ1) is 12.4. The maximum absolute atomic E-state index is 13.0. The van der Waals surface area contributed by atoms with Crippen molar-refractivity contribution in [3.8, 4) is 0 Å². The lowest BCUT2D eigenvalue weighted by Gasteiger charge is -2.22. The molecule has 26 heavy (non-hydrogen) atoms. The second-order valence-corrected chi connectivity index (χ2v) is 9.05. The zero-order valence-electron chi connectivity index (χ0n) is 14.3. The van der Waals surface area contributed by atoms with Gasteiger partial charge >= 0.3 is 0 Å². The number of nitrogens with one attached hydrogen (secondary N) is 1. The van der Waals surface area contributed by atoms with Crippen LogP contribution in [0.3, 0.4) is 0 Å². The Labute approximate surface area is 161 Å². The van der Waals surface area contributed by atoms with Gasteiger partial charge in [-0.1, -0.05) is 15.9 Å². The van der Waals surface area contributed by atoms with Crippen molar-refractivity contribution in [2.75, 3.05) is 22.7 Å². The Morgan fingerprint density at radius 1 is 1.08 bits per heavy atom. The Morgan fingerprint density at radius 2 is 1.77 bits per heavy atom. The van der Waals surface area contributed by atoms with Gasteiger partial charge in [0.1, 0.15) is 0 Å². The van der Waals surface area contributed by atoms with Crippen LogP contribution in [-0.4, -0.2) is 31.3 Å². The Kier molecular flexibility index (Phi) is 4.40. The number of anilines is 2. The monoisotopic (exact) mass is 434 g/mol. The fraction of sp³-hybridized carbons (Fsp3) is 0.278. The van der Waals surface area contributed by atoms with E-state index in [0.29, 0.717) is 5.69 Å². The van der Waals surface area contributed by atoms with Crippen molar-refractivity contribution in [3.05, 3.63) is 47.1 Å². The third kappa shape index (κ3) is 3.19. The average Bonchev–Trinajstić information content (AvgIpc) is 3.24. The largest absolute Gasteiger partial charge is 0.370 e. The fourth-order valence-corrected chi connectivity index (χ4v) is 4.70. The van der Waals surface area contributed by atoms with E-state index >= 15 is 0 Å². The van der Waals surface area contributed by atoms with Gasteiger partial charge in [0.15, 0.2) is 0 Å². The third-order valence-corrected chi connectivity index (χ3v) is 6.48. The Hall–Kier alpha value is -2.06. The van der Waals surface area contributed by atoms with Gasteiger partial charge in [-0.25, -0.2) is 8.42 Å². The van der Waals surface area contributed by atoms with Crippen LogP contribution >= 0.6 is 15.9 Å². The summed E-state index contributed by atoms with van der Waals surface area (Å²) in [6, 6.07) is 10.5. The van der Waals surface area contributed by atoms with E-state index in [0.717, 1.165) is 47.0 Å². The number of nitrogens with zero attached hydrogens (tertiary/aromatic N) is 3. The van der Waals surface area contributed by atoms with Crippen molar-refractivity contribution in [2.45, 2.75) is 17.7 Å². The average molecular weight is 435 g/mol. The zero-order valence-corrected chi connectivity index (χ0v) is 16.7. The van der Waals surface area contributed by atoms with Gasteiger partial charge < -0.3 is 4.90 Å². The van der Waals surface area contributed by atoms with Gasteiger partial charge in [0.05, 0.1) is 21.8 Å². The Morgan fingerprint density at radius 3 is 2.46 bits per heavy atom. The predicted octanol–water partition coefficient (Wildman–Crippen LogP) is 3.74. The summed E-state index contributed by atoms with van der Waals surface area (Å²) in [5.74, 6) is 0. The summed E-state index contributed by atoms with van der Waals surface area (Å²) in [6.07, 6.45) is 4.09. The summed E-state index contributed by atoms with van der Waals surface area (Å²) in [5.41, 5.74) is 2.27. The summed E-state index contributed by atoms with van der Waals surface area (Å²) in [7, 11) is -1.86. The lowest BCUT2D eigenvalue weighted by atomic mass is 10.2. The smallest absolute Gasteiger partial charge is 0.261 e. The van der Waals surface area contributed by atoms with Crippen LogP contribution < -0.4 is 9.62 Å². The molecule has 1 fully saturated rings. The highest BCUT2D eigenvalue weighted by atomic mass is 79.9. The summed E-state index contributed by atoms with van der Waals surface area (Å²) < 4.78 is 31.3. The van der Waals surface area contributed by atoms with Crippen LogP contribution in [0.25, 0.3) is 10.9 Å². The molecule has 1 aliphatic heterocycles. The maximum atomic E-state index is 13.0. The first-order valence-electron chi connectivity index (χ1n) is 8.44. The molecular formula is C18H19BrN4O2S. The number of fused-ring (bicyclic) bond motifs is 1. The molecule has 0 radical (unpaired) electrons. The summed E-state index contributed by atoms with van der Waals surface area (Å²) in [5, 5.41) is 5.22. The number of aryl methyl sites for hydroxylation is 1. The van der Waals surface area contributed by atoms with Gasteiger partial charge in [0.2, 0.25) is 0 Å². The summed E-state index contributed by atoms with van der Waals surface area (Å²) in [6.45, 7) is 1.86. The van der Waals surface area contributed by atoms with Gasteiger partial charge in [-0.15, -0.1) is 0 Å². The highest BCUT2D eigenvalue weighted by Crippen LogP contribution is 2.36. The van der Waals surface area contributed by atoms with Gasteiger partial charge in [-0.05, 0) is 49.2 Å². The van der Waals surface area contributed by atoms with Crippen molar-refractivity contribution in [1.82, 2.24) is 9.78 Å². The van der Waals surface area contributed by atoms with E-state index in [2.05, 4.69) is 30.7 Å². The van der Waals surface area contributed by atoms with Crippen LogP contribution in [-0.2, 0) is 17.1 Å². The molecule has 0 bridgehead atoms. The van der Waals surface area contributed by atoms with Crippen molar-refractivity contribution in [2.24, 2.45) is 7.05 Å². The molecule has 0 unspecified atom stereocenters. The first-order valence-corrected chi connectivity index (χ1v) is 10.7. The molecule has 8 heteroatoms. The number of benzene rings is 2. The molecule has 6 nitrogen and oxygen atoms in total. The summed E-state index contributed by atoms with van der Waals surface area (Å²) in [4.78, 5) is 2.46. The molecule has 1 N–H and O–H groups in total. The van der Waals surface area contributed by atoms with Gasteiger partial charge in [-0.2, -0.15) is 5.10 Å². The molecular weight excluding hydrogens is 416 g/mol. The van der Waals surface area contributed by atoms with E-state index in [1.165, 1.54) is 0 Å². The first kappa shape index (κ1) is 17.4. The van der Waals surface area contributed by atoms with Crippen LogP contribution in [0.4, 0.5) is 11.4 Å². The molecule has 1 aromatic heterocycles. The quantitative estimate of drug-likeness (QED) is 0.678. The fourth-order valence-electron chi connectivity index (χ4n) is 3.34. The standard InChI is InChI=1S/C18H19BrN4O2S/c1-22-12-15-16(20-22)8-9-17(23-10-2-3-11-23)18(15)21-26(24,25)14-6-4-13(19)5-7-14/h4-9,12,21H,2-3,10-11H2,1H3. The van der Waals surface area contributed by atoms with E-state index in [1.54, 1.807) is 28.9 Å². The third-order valence-electron chi connectivity index (χ3n) is 4.59. The van der Waals surface area contributed by atoms with E-state index in [9.17, 15) is 8.42 Å². The number of rotatable bonds is 4. The SMILES string of the molecule is Cn1cc2c(NS(=O)(=O)c3ccc(Br)cc3)c(N3CCCC3)ccc2n1. The second-order valence-electron chi connectivity index (χ2n) is 6.45. The van der Waals surface area contributed by atoms with Crippen molar-refractivity contribution < 1.29 is 8.42 Å². The van der Waals surface area contributed by atoms with Crippen molar-refractivity contribution in [3.63, 3.8) is 0 Å². The van der Waals surface area contributed by atoms with E-state index in [4.69, 9.17) is 0 Å². The zero-order chi connectivity index (χ0) is 18.3. The van der Waals surface area contributed by atoms with Crippen LogP contribution in [0.15, 0.2) is 52.0 Å². The summed E-state index contributed by atoms with van der Waals surface area (Å²) >= 11 is 3.34. The van der Waals surface area contributed by atoms with E-state index in [1.807, 2.05) is 25.4 Å². The van der Waals surface area contributed by atoms with Gasteiger partial charge in [0.25, 0.3) is 10.0 Å². The van der Waals surface area contributed by atoms with Crippen molar-refractivity contribution >= 4 is 48.2 Å². The molecule has 4 rings (SSSR count). The van der Waals surface area contributed by atoms with E-state index in [-0.39, 0.29) is 4.90 Å². The number of hydrogen-bond acceptors (Lipinski definition) is 4. The molecule has 0 amide bonds. The number of sulfonamides is 1. The molecule has 0 aliphatic carbocycles. The van der Waals surface area contributed by atoms with Gasteiger partial charge in [0, 0.05) is 36.2 Å². The van der Waals surface area contributed by atoms with Crippen molar-refractivity contribution in [1.29, 1.82) is 0 Å². The predicted molar refractivity (Wildman–Crippen MR) is 107 cm³/mol. The molecule has 0 spiro atoms. The van der Waals surface area contributed by atoms with Crippen LogP contribution in [0.1, 0.15) is 12.8 Å². The molecule has 1 saturated heterocycles. The molecule has 2 aromatic carbocycles. The molecule has 136 valence electrons. The number of halogens is 1. The molecule has 3 aromatic rings. The second kappa shape index (κ2) is 6.59. The molecule has 1 aliphatic rings. The minimum Gasteiger partial charge on any atom is -0.370 e. The minimum absolute atomic E-state index is 0.231. The van der Waals surface area contributed by atoms with Crippen LogP contribution in [0, 0.1) is 0 Å². The number of aromatic nitrogens is 2. The topological polar surface area (TPSA) is 67.2 Å².